The van der Waals surface area contributed by atoms with Crippen molar-refractivity contribution in [3.05, 3.63) is 35.4 Å². The zero-order chi connectivity index (χ0) is 13.3. The third-order valence-electron chi connectivity index (χ3n) is 3.44. The molecule has 0 radical (unpaired) electrons. The summed E-state index contributed by atoms with van der Waals surface area (Å²) in [5, 5.41) is 0. The number of rotatable bonds is 2. The molecule has 0 amide bonds. The van der Waals surface area contributed by atoms with Gasteiger partial charge in [-0.3, -0.25) is 0 Å². The highest BCUT2D eigenvalue weighted by Crippen LogP contribution is 2.35. The molecule has 18 heavy (non-hydrogen) atoms. The van der Waals surface area contributed by atoms with Gasteiger partial charge >= 0.3 is 0 Å². The maximum atomic E-state index is 6.01. The van der Waals surface area contributed by atoms with Crippen LogP contribution in [0.1, 0.15) is 64.4 Å². The molecule has 1 fully saturated rings. The maximum Gasteiger partial charge on any atom is 0.184 e. The molecule has 1 aliphatic heterocycles. The van der Waals surface area contributed by atoms with E-state index in [0.717, 1.165) is 12.0 Å². The van der Waals surface area contributed by atoms with Crippen LogP contribution < -0.4 is 0 Å². The Kier molecular flexibility index (Phi) is 3.79. The fraction of sp³-hybridized carbons (Fsp3) is 0.625. The molecule has 0 saturated carbocycles. The van der Waals surface area contributed by atoms with Crippen molar-refractivity contribution in [3.8, 4) is 0 Å². The van der Waals surface area contributed by atoms with Gasteiger partial charge in [-0.15, -0.1) is 0 Å². The molecule has 1 aliphatic rings. The maximum absolute atomic E-state index is 6.01. The molecular formula is C16H24O2. The zero-order valence-electron chi connectivity index (χ0n) is 12.1. The van der Waals surface area contributed by atoms with Crippen molar-refractivity contribution in [2.45, 2.75) is 65.0 Å². The molecule has 1 heterocycles. The average Bonchev–Trinajstić information content (AvgIpc) is 2.26. The minimum Gasteiger partial charge on any atom is -0.345 e. The first-order valence-electron chi connectivity index (χ1n) is 6.80. The normalized spacial score (nSPS) is 27.4. The molecule has 0 unspecified atom stereocenters. The number of ether oxygens (including phenoxy) is 2. The van der Waals surface area contributed by atoms with E-state index in [9.17, 15) is 0 Å². The molecule has 0 aromatic heterocycles. The lowest BCUT2D eigenvalue weighted by Crippen LogP contribution is -2.38. The topological polar surface area (TPSA) is 18.5 Å². The van der Waals surface area contributed by atoms with Gasteiger partial charge in [-0.1, -0.05) is 38.1 Å². The lowest BCUT2D eigenvalue weighted by Gasteiger charge is -2.39. The van der Waals surface area contributed by atoms with Gasteiger partial charge in [0.15, 0.2) is 6.29 Å². The van der Waals surface area contributed by atoms with E-state index in [1.807, 2.05) is 0 Å². The third kappa shape index (κ3) is 3.12. The van der Waals surface area contributed by atoms with Gasteiger partial charge in [0.05, 0.1) is 11.7 Å². The van der Waals surface area contributed by atoms with Gasteiger partial charge < -0.3 is 9.47 Å². The number of hydrogen-bond acceptors (Lipinski definition) is 2. The van der Waals surface area contributed by atoms with Crippen molar-refractivity contribution in [3.63, 3.8) is 0 Å². The second-order valence-corrected chi connectivity index (χ2v) is 6.18. The van der Waals surface area contributed by atoms with Crippen LogP contribution >= 0.6 is 0 Å². The summed E-state index contributed by atoms with van der Waals surface area (Å²) in [5.74, 6) is 0.558. The van der Waals surface area contributed by atoms with Gasteiger partial charge in [0.1, 0.15) is 0 Å². The largest absolute Gasteiger partial charge is 0.345 e. The molecule has 0 N–H and O–H groups in total. The lowest BCUT2D eigenvalue weighted by molar-refractivity contribution is -0.273. The van der Waals surface area contributed by atoms with E-state index in [1.165, 1.54) is 5.56 Å². The SMILES string of the molecule is CC(C)c1ccc([C@H]2O[C@@H](C)CC(C)(C)O2)cc1. The third-order valence-corrected chi connectivity index (χ3v) is 3.44. The Labute approximate surface area is 110 Å². The summed E-state index contributed by atoms with van der Waals surface area (Å²) in [6, 6.07) is 8.57. The van der Waals surface area contributed by atoms with Gasteiger partial charge in [0.25, 0.3) is 0 Å². The second kappa shape index (κ2) is 5.02. The van der Waals surface area contributed by atoms with E-state index >= 15 is 0 Å². The van der Waals surface area contributed by atoms with Crippen molar-refractivity contribution in [2.75, 3.05) is 0 Å². The summed E-state index contributed by atoms with van der Waals surface area (Å²) < 4.78 is 11.9. The van der Waals surface area contributed by atoms with E-state index in [4.69, 9.17) is 9.47 Å². The van der Waals surface area contributed by atoms with Crippen LogP contribution in [0.2, 0.25) is 0 Å². The molecule has 100 valence electrons. The van der Waals surface area contributed by atoms with Gasteiger partial charge in [-0.05, 0) is 32.3 Å². The van der Waals surface area contributed by atoms with E-state index in [2.05, 4.69) is 58.9 Å². The molecule has 2 atom stereocenters. The highest BCUT2D eigenvalue weighted by atomic mass is 16.7. The Hall–Kier alpha value is -0.860. The molecule has 1 saturated heterocycles. The van der Waals surface area contributed by atoms with Crippen molar-refractivity contribution < 1.29 is 9.47 Å². The highest BCUT2D eigenvalue weighted by Gasteiger charge is 2.34. The van der Waals surface area contributed by atoms with Crippen LogP contribution in [-0.2, 0) is 9.47 Å². The summed E-state index contributed by atoms with van der Waals surface area (Å²) in [6.45, 7) is 10.8. The van der Waals surface area contributed by atoms with E-state index in [-0.39, 0.29) is 18.0 Å². The zero-order valence-corrected chi connectivity index (χ0v) is 12.1. The van der Waals surface area contributed by atoms with Crippen LogP contribution in [-0.4, -0.2) is 11.7 Å². The standard InChI is InChI=1S/C16H24O2/c1-11(2)13-6-8-14(9-7-13)15-17-12(3)10-16(4,5)18-15/h6-9,11-12,15H,10H2,1-5H3/t12-,15-/m0/s1. The van der Waals surface area contributed by atoms with Gasteiger partial charge in [0.2, 0.25) is 0 Å². The van der Waals surface area contributed by atoms with Crippen molar-refractivity contribution >= 4 is 0 Å². The summed E-state index contributed by atoms with van der Waals surface area (Å²) in [4.78, 5) is 0. The molecular weight excluding hydrogens is 224 g/mol. The first-order valence-corrected chi connectivity index (χ1v) is 6.80. The van der Waals surface area contributed by atoms with Crippen molar-refractivity contribution in [1.29, 1.82) is 0 Å². The van der Waals surface area contributed by atoms with Gasteiger partial charge in [-0.25, -0.2) is 0 Å². The van der Waals surface area contributed by atoms with Crippen LogP contribution in [0.25, 0.3) is 0 Å². The first kappa shape index (κ1) is 13.6. The van der Waals surface area contributed by atoms with Crippen molar-refractivity contribution in [1.82, 2.24) is 0 Å². The summed E-state index contributed by atoms with van der Waals surface area (Å²) >= 11 is 0. The summed E-state index contributed by atoms with van der Waals surface area (Å²) in [6.07, 6.45) is 0.946. The molecule has 1 aromatic rings. The minimum absolute atomic E-state index is 0.112. The Morgan fingerprint density at radius 3 is 2.28 bits per heavy atom. The molecule has 2 heteroatoms. The fourth-order valence-electron chi connectivity index (χ4n) is 2.50. The summed E-state index contributed by atoms with van der Waals surface area (Å²) in [5.41, 5.74) is 2.35. The van der Waals surface area contributed by atoms with Gasteiger partial charge in [0, 0.05) is 12.0 Å². The van der Waals surface area contributed by atoms with E-state index in [0.29, 0.717) is 5.92 Å². The van der Waals surface area contributed by atoms with Crippen LogP contribution in [0, 0.1) is 0 Å². The predicted octanol–water partition coefficient (Wildman–Crippen LogP) is 4.41. The Bertz CT molecular complexity index is 392. The molecule has 0 spiro atoms. The average molecular weight is 248 g/mol. The van der Waals surface area contributed by atoms with E-state index in [1.54, 1.807) is 0 Å². The highest BCUT2D eigenvalue weighted by molar-refractivity contribution is 5.25. The van der Waals surface area contributed by atoms with Crippen LogP contribution in [0.3, 0.4) is 0 Å². The smallest absolute Gasteiger partial charge is 0.184 e. The Morgan fingerprint density at radius 2 is 1.78 bits per heavy atom. The van der Waals surface area contributed by atoms with Crippen LogP contribution in [0.5, 0.6) is 0 Å². The number of hydrogen-bond donors (Lipinski definition) is 0. The summed E-state index contributed by atoms with van der Waals surface area (Å²) in [7, 11) is 0. The van der Waals surface area contributed by atoms with Crippen LogP contribution in [0.4, 0.5) is 0 Å². The second-order valence-electron chi connectivity index (χ2n) is 6.18. The lowest BCUT2D eigenvalue weighted by atomic mass is 9.98. The minimum atomic E-state index is -0.232. The molecule has 2 rings (SSSR count). The molecule has 1 aromatic carbocycles. The predicted molar refractivity (Wildman–Crippen MR) is 73.6 cm³/mol. The quantitative estimate of drug-likeness (QED) is 0.771. The Morgan fingerprint density at radius 1 is 1.17 bits per heavy atom. The first-order chi connectivity index (χ1) is 8.37. The van der Waals surface area contributed by atoms with E-state index < -0.39 is 0 Å². The monoisotopic (exact) mass is 248 g/mol. The molecule has 2 nitrogen and oxygen atoms in total. The number of benzene rings is 1. The fourth-order valence-corrected chi connectivity index (χ4v) is 2.50. The molecule has 0 bridgehead atoms. The molecule has 0 aliphatic carbocycles. The van der Waals surface area contributed by atoms with Gasteiger partial charge in [-0.2, -0.15) is 0 Å². The van der Waals surface area contributed by atoms with Crippen LogP contribution in [0.15, 0.2) is 24.3 Å². The van der Waals surface area contributed by atoms with Crippen molar-refractivity contribution in [2.24, 2.45) is 0 Å². The Balaban J connectivity index is 2.15.